The Morgan fingerprint density at radius 2 is 1.95 bits per heavy atom. The summed E-state index contributed by atoms with van der Waals surface area (Å²) in [6.45, 7) is 0. The molecule has 2 aliphatic heterocycles. The second-order valence-corrected chi connectivity index (χ2v) is 5.05. The SMILES string of the molecule is O=C1c2cc(O)ccc2C2CC(c3ccccc3)=NN12. The van der Waals surface area contributed by atoms with Crippen LogP contribution in [0.3, 0.4) is 0 Å². The first-order chi connectivity index (χ1) is 9.74. The van der Waals surface area contributed by atoms with Crippen LogP contribution in [0.1, 0.15) is 33.9 Å². The van der Waals surface area contributed by atoms with Gasteiger partial charge in [0.1, 0.15) is 5.75 Å². The monoisotopic (exact) mass is 264 g/mol. The van der Waals surface area contributed by atoms with Gasteiger partial charge in [-0.1, -0.05) is 36.4 Å². The number of amides is 1. The van der Waals surface area contributed by atoms with Crippen molar-refractivity contribution in [3.8, 4) is 5.75 Å². The predicted octanol–water partition coefficient (Wildman–Crippen LogP) is 2.70. The smallest absolute Gasteiger partial charge is 0.275 e. The normalized spacial score (nSPS) is 19.8. The fourth-order valence-corrected chi connectivity index (χ4v) is 2.89. The van der Waals surface area contributed by atoms with Crippen LogP contribution in [0.4, 0.5) is 0 Å². The number of nitrogens with zero attached hydrogens (tertiary/aromatic N) is 2. The van der Waals surface area contributed by atoms with Crippen LogP contribution in [0, 0.1) is 0 Å². The average molecular weight is 264 g/mol. The van der Waals surface area contributed by atoms with Crippen molar-refractivity contribution in [3.05, 3.63) is 65.2 Å². The fourth-order valence-electron chi connectivity index (χ4n) is 2.89. The van der Waals surface area contributed by atoms with Crippen LogP contribution < -0.4 is 0 Å². The molecule has 1 N–H and O–H groups in total. The molecule has 2 aromatic carbocycles. The minimum Gasteiger partial charge on any atom is -0.508 e. The van der Waals surface area contributed by atoms with Crippen molar-refractivity contribution in [1.29, 1.82) is 0 Å². The zero-order valence-corrected chi connectivity index (χ0v) is 10.7. The molecule has 0 radical (unpaired) electrons. The molecule has 4 rings (SSSR count). The summed E-state index contributed by atoms with van der Waals surface area (Å²) in [5.74, 6) is -0.0163. The van der Waals surface area contributed by atoms with E-state index in [2.05, 4.69) is 5.10 Å². The summed E-state index contributed by atoms with van der Waals surface area (Å²) in [6.07, 6.45) is 0.716. The summed E-state index contributed by atoms with van der Waals surface area (Å²) in [5, 5.41) is 15.5. The van der Waals surface area contributed by atoms with Gasteiger partial charge in [0, 0.05) is 6.42 Å². The van der Waals surface area contributed by atoms with Gasteiger partial charge in [0.05, 0.1) is 17.3 Å². The van der Waals surface area contributed by atoms with E-state index in [1.165, 1.54) is 11.1 Å². The molecule has 1 atom stereocenters. The van der Waals surface area contributed by atoms with Gasteiger partial charge in [0.25, 0.3) is 5.91 Å². The third-order valence-electron chi connectivity index (χ3n) is 3.85. The van der Waals surface area contributed by atoms with Crippen molar-refractivity contribution in [2.24, 2.45) is 5.10 Å². The minimum atomic E-state index is -0.133. The average Bonchev–Trinajstić information content (AvgIpc) is 3.01. The zero-order chi connectivity index (χ0) is 13.7. The lowest BCUT2D eigenvalue weighted by atomic mass is 9.98. The Morgan fingerprint density at radius 1 is 1.15 bits per heavy atom. The van der Waals surface area contributed by atoms with E-state index in [0.29, 0.717) is 12.0 Å². The number of rotatable bonds is 1. The van der Waals surface area contributed by atoms with E-state index < -0.39 is 0 Å². The van der Waals surface area contributed by atoms with Gasteiger partial charge in [-0.25, -0.2) is 5.01 Å². The lowest BCUT2D eigenvalue weighted by molar-refractivity contribution is 0.0755. The van der Waals surface area contributed by atoms with Crippen molar-refractivity contribution in [1.82, 2.24) is 5.01 Å². The van der Waals surface area contributed by atoms with E-state index in [9.17, 15) is 9.90 Å². The summed E-state index contributed by atoms with van der Waals surface area (Å²) in [6, 6.07) is 14.8. The van der Waals surface area contributed by atoms with E-state index in [0.717, 1.165) is 16.8 Å². The molecule has 0 saturated carbocycles. The highest BCUT2D eigenvalue weighted by Crippen LogP contribution is 2.42. The molecule has 2 heterocycles. The molecule has 4 heteroatoms. The lowest BCUT2D eigenvalue weighted by Gasteiger charge is -2.10. The van der Waals surface area contributed by atoms with Crippen LogP contribution in [0.25, 0.3) is 0 Å². The van der Waals surface area contributed by atoms with Crippen molar-refractivity contribution < 1.29 is 9.90 Å². The minimum absolute atomic E-state index is 0.0340. The van der Waals surface area contributed by atoms with Crippen LogP contribution in [-0.2, 0) is 0 Å². The first-order valence-corrected chi connectivity index (χ1v) is 6.53. The molecule has 98 valence electrons. The van der Waals surface area contributed by atoms with Crippen molar-refractivity contribution in [2.45, 2.75) is 12.5 Å². The van der Waals surface area contributed by atoms with Gasteiger partial charge in [-0.3, -0.25) is 4.79 Å². The van der Waals surface area contributed by atoms with E-state index in [-0.39, 0.29) is 17.7 Å². The Hall–Kier alpha value is -2.62. The molecule has 0 spiro atoms. The third-order valence-corrected chi connectivity index (χ3v) is 3.85. The molecule has 1 amide bonds. The maximum absolute atomic E-state index is 12.3. The number of phenols is 1. The number of hydrogen-bond acceptors (Lipinski definition) is 3. The summed E-state index contributed by atoms with van der Waals surface area (Å²) >= 11 is 0. The first-order valence-electron chi connectivity index (χ1n) is 6.53. The Labute approximate surface area is 116 Å². The van der Waals surface area contributed by atoms with Gasteiger partial charge < -0.3 is 5.11 Å². The van der Waals surface area contributed by atoms with E-state index in [1.807, 2.05) is 36.4 Å². The zero-order valence-electron chi connectivity index (χ0n) is 10.7. The Kier molecular flexibility index (Phi) is 2.21. The molecule has 0 bridgehead atoms. The second kappa shape index (κ2) is 3.93. The lowest BCUT2D eigenvalue weighted by Crippen LogP contribution is -2.17. The quantitative estimate of drug-likeness (QED) is 0.861. The topological polar surface area (TPSA) is 52.9 Å². The molecule has 2 aliphatic rings. The van der Waals surface area contributed by atoms with Gasteiger partial charge in [-0.05, 0) is 23.3 Å². The molecule has 0 saturated heterocycles. The van der Waals surface area contributed by atoms with Crippen LogP contribution in [0.2, 0.25) is 0 Å². The maximum atomic E-state index is 12.3. The second-order valence-electron chi connectivity index (χ2n) is 5.05. The molecule has 2 aromatic rings. The number of fused-ring (bicyclic) bond motifs is 3. The highest BCUT2D eigenvalue weighted by Gasteiger charge is 2.41. The summed E-state index contributed by atoms with van der Waals surface area (Å²) < 4.78 is 0. The van der Waals surface area contributed by atoms with E-state index >= 15 is 0 Å². The van der Waals surface area contributed by atoms with Crippen LogP contribution in [0.5, 0.6) is 5.75 Å². The molecule has 0 aliphatic carbocycles. The van der Waals surface area contributed by atoms with Gasteiger partial charge in [0.2, 0.25) is 0 Å². The van der Waals surface area contributed by atoms with Gasteiger partial charge in [-0.2, -0.15) is 5.10 Å². The van der Waals surface area contributed by atoms with Crippen molar-refractivity contribution >= 4 is 11.6 Å². The molecular weight excluding hydrogens is 252 g/mol. The first kappa shape index (κ1) is 11.2. The van der Waals surface area contributed by atoms with Crippen LogP contribution in [-0.4, -0.2) is 21.7 Å². The Morgan fingerprint density at radius 3 is 2.75 bits per heavy atom. The summed E-state index contributed by atoms with van der Waals surface area (Å²) in [7, 11) is 0. The van der Waals surface area contributed by atoms with Crippen molar-refractivity contribution in [3.63, 3.8) is 0 Å². The number of benzene rings is 2. The maximum Gasteiger partial charge on any atom is 0.275 e. The van der Waals surface area contributed by atoms with Crippen LogP contribution >= 0.6 is 0 Å². The number of aromatic hydroxyl groups is 1. The number of carbonyl (C=O) groups excluding carboxylic acids is 1. The number of carbonyl (C=O) groups is 1. The number of hydrogen-bond donors (Lipinski definition) is 1. The molecule has 1 unspecified atom stereocenters. The molecule has 0 aromatic heterocycles. The van der Waals surface area contributed by atoms with Crippen LogP contribution in [0.15, 0.2) is 53.6 Å². The third kappa shape index (κ3) is 1.48. The highest BCUT2D eigenvalue weighted by molar-refractivity contribution is 6.07. The largest absolute Gasteiger partial charge is 0.508 e. The van der Waals surface area contributed by atoms with Crippen molar-refractivity contribution in [2.75, 3.05) is 0 Å². The standard InChI is InChI=1S/C16H12N2O2/c19-11-6-7-12-13(8-11)16(20)18-15(12)9-14(17-18)10-4-2-1-3-5-10/h1-8,15,19H,9H2. The van der Waals surface area contributed by atoms with E-state index in [4.69, 9.17) is 0 Å². The predicted molar refractivity (Wildman–Crippen MR) is 74.6 cm³/mol. The Balaban J connectivity index is 1.75. The molecule has 20 heavy (non-hydrogen) atoms. The van der Waals surface area contributed by atoms with E-state index in [1.54, 1.807) is 6.07 Å². The number of phenolic OH excluding ortho intramolecular Hbond substituents is 1. The highest BCUT2D eigenvalue weighted by atomic mass is 16.3. The molecule has 0 fully saturated rings. The van der Waals surface area contributed by atoms with Gasteiger partial charge in [-0.15, -0.1) is 0 Å². The molecular formula is C16H12N2O2. The fraction of sp³-hybridized carbons (Fsp3) is 0.125. The summed E-state index contributed by atoms with van der Waals surface area (Å²) in [5.41, 5.74) is 3.49. The molecule has 4 nitrogen and oxygen atoms in total. The summed E-state index contributed by atoms with van der Waals surface area (Å²) in [4.78, 5) is 12.3. The van der Waals surface area contributed by atoms with Gasteiger partial charge in [0.15, 0.2) is 0 Å². The Bertz CT molecular complexity index is 737. The van der Waals surface area contributed by atoms with Gasteiger partial charge >= 0.3 is 0 Å². The number of hydrazone groups is 1.